The number of nitrogens with one attached hydrogen (secondary N) is 2. The van der Waals surface area contributed by atoms with E-state index < -0.39 is 0 Å². The van der Waals surface area contributed by atoms with Crippen LogP contribution < -0.4 is 5.32 Å². The first-order valence-electron chi connectivity index (χ1n) is 5.13. The summed E-state index contributed by atoms with van der Waals surface area (Å²) in [6, 6.07) is 9.16. The Balaban J connectivity index is 2.15. The van der Waals surface area contributed by atoms with Crippen LogP contribution in [0.4, 0.5) is 5.82 Å². The fourth-order valence-electron chi connectivity index (χ4n) is 1.39. The second kappa shape index (κ2) is 5.38. The van der Waals surface area contributed by atoms with Crippen LogP contribution in [0.5, 0.6) is 0 Å². The fourth-order valence-corrected chi connectivity index (χ4v) is 1.80. The molecule has 0 aliphatic rings. The minimum atomic E-state index is -0.275. The van der Waals surface area contributed by atoms with E-state index in [0.717, 1.165) is 4.90 Å². The lowest BCUT2D eigenvalue weighted by Gasteiger charge is -2.03. The largest absolute Gasteiger partial charge is 0.306 e. The van der Waals surface area contributed by atoms with Crippen LogP contribution in [-0.4, -0.2) is 22.4 Å². The maximum absolute atomic E-state index is 11.9. The third kappa shape index (κ3) is 2.52. The van der Waals surface area contributed by atoms with E-state index in [2.05, 4.69) is 15.5 Å². The number of nitriles is 1. The molecule has 0 spiro atoms. The summed E-state index contributed by atoms with van der Waals surface area (Å²) in [7, 11) is 0. The van der Waals surface area contributed by atoms with Crippen molar-refractivity contribution >= 4 is 23.5 Å². The van der Waals surface area contributed by atoms with E-state index in [1.807, 2.05) is 24.5 Å². The van der Waals surface area contributed by atoms with Gasteiger partial charge in [-0.3, -0.25) is 9.89 Å². The molecule has 0 bridgehead atoms. The van der Waals surface area contributed by atoms with Gasteiger partial charge < -0.3 is 5.32 Å². The van der Waals surface area contributed by atoms with Crippen molar-refractivity contribution in [2.24, 2.45) is 0 Å². The van der Waals surface area contributed by atoms with E-state index in [9.17, 15) is 4.79 Å². The van der Waals surface area contributed by atoms with Gasteiger partial charge in [0.15, 0.2) is 0 Å². The zero-order chi connectivity index (χ0) is 13.0. The number of anilines is 1. The van der Waals surface area contributed by atoms with Crippen molar-refractivity contribution < 1.29 is 4.79 Å². The van der Waals surface area contributed by atoms with Gasteiger partial charge in [0.2, 0.25) is 0 Å². The van der Waals surface area contributed by atoms with Crippen LogP contribution in [0.3, 0.4) is 0 Å². The first kappa shape index (κ1) is 12.2. The third-order valence-corrected chi connectivity index (χ3v) is 3.09. The molecule has 0 aliphatic heterocycles. The van der Waals surface area contributed by atoms with Gasteiger partial charge >= 0.3 is 0 Å². The Kier molecular flexibility index (Phi) is 3.65. The van der Waals surface area contributed by atoms with Crippen molar-refractivity contribution in [2.45, 2.75) is 4.90 Å². The summed E-state index contributed by atoms with van der Waals surface area (Å²) in [5.74, 6) is 0.0415. The average Bonchev–Trinajstić information content (AvgIpc) is 2.86. The molecule has 2 aromatic rings. The number of H-pyrrole nitrogens is 1. The van der Waals surface area contributed by atoms with E-state index in [1.54, 1.807) is 23.9 Å². The summed E-state index contributed by atoms with van der Waals surface area (Å²) in [6.07, 6.45) is 3.34. The molecule has 2 rings (SSSR count). The van der Waals surface area contributed by atoms with Gasteiger partial charge in [0.1, 0.15) is 17.5 Å². The van der Waals surface area contributed by atoms with Crippen LogP contribution in [0, 0.1) is 11.3 Å². The van der Waals surface area contributed by atoms with Crippen molar-refractivity contribution in [3.8, 4) is 6.07 Å². The summed E-state index contributed by atoms with van der Waals surface area (Å²) in [5, 5.41) is 17.7. The molecule has 18 heavy (non-hydrogen) atoms. The first-order valence-corrected chi connectivity index (χ1v) is 6.36. The second-order valence-corrected chi connectivity index (χ2v) is 4.33. The molecule has 1 heterocycles. The molecule has 1 aromatic heterocycles. The number of aromatic amines is 1. The van der Waals surface area contributed by atoms with Gasteiger partial charge in [0.05, 0.1) is 6.20 Å². The number of aromatic nitrogens is 2. The van der Waals surface area contributed by atoms with Crippen molar-refractivity contribution in [1.29, 1.82) is 5.26 Å². The number of rotatable bonds is 3. The lowest BCUT2D eigenvalue weighted by atomic mass is 10.2. The van der Waals surface area contributed by atoms with Crippen LogP contribution >= 0.6 is 11.8 Å². The summed E-state index contributed by atoms with van der Waals surface area (Å²) in [4.78, 5) is 13.0. The Bertz CT molecular complexity index is 597. The van der Waals surface area contributed by atoms with Gasteiger partial charge in [-0.1, -0.05) is 0 Å². The van der Waals surface area contributed by atoms with E-state index in [-0.39, 0.29) is 5.91 Å². The number of thioether (sulfide) groups is 1. The molecule has 1 aromatic carbocycles. The van der Waals surface area contributed by atoms with Crippen molar-refractivity contribution in [3.05, 3.63) is 41.6 Å². The van der Waals surface area contributed by atoms with Gasteiger partial charge in [0, 0.05) is 10.5 Å². The Hall–Kier alpha value is -2.26. The quantitative estimate of drug-likeness (QED) is 0.827. The third-order valence-electron chi connectivity index (χ3n) is 2.35. The zero-order valence-electron chi connectivity index (χ0n) is 9.60. The smallest absolute Gasteiger partial charge is 0.256 e. The van der Waals surface area contributed by atoms with E-state index in [4.69, 9.17) is 5.26 Å². The molecule has 0 saturated carbocycles. The topological polar surface area (TPSA) is 81.6 Å². The molecule has 5 nitrogen and oxygen atoms in total. The van der Waals surface area contributed by atoms with Crippen LogP contribution in [0.25, 0.3) is 0 Å². The van der Waals surface area contributed by atoms with Gasteiger partial charge in [0.25, 0.3) is 5.91 Å². The molecule has 0 unspecified atom stereocenters. The van der Waals surface area contributed by atoms with E-state index in [0.29, 0.717) is 16.9 Å². The molecule has 0 radical (unpaired) electrons. The minimum absolute atomic E-state index is 0.275. The Morgan fingerprint density at radius 2 is 2.17 bits per heavy atom. The molecule has 0 saturated heterocycles. The normalized spacial score (nSPS) is 9.78. The molecule has 0 atom stereocenters. The Morgan fingerprint density at radius 1 is 1.44 bits per heavy atom. The van der Waals surface area contributed by atoms with Gasteiger partial charge in [-0.05, 0) is 30.5 Å². The highest BCUT2D eigenvalue weighted by Gasteiger charge is 2.10. The highest BCUT2D eigenvalue weighted by Crippen LogP contribution is 2.16. The molecule has 0 aliphatic carbocycles. The van der Waals surface area contributed by atoms with Crippen LogP contribution in [-0.2, 0) is 0 Å². The number of benzene rings is 1. The van der Waals surface area contributed by atoms with Crippen molar-refractivity contribution in [3.63, 3.8) is 0 Å². The summed E-state index contributed by atoms with van der Waals surface area (Å²) < 4.78 is 0. The molecular formula is C12H10N4OS. The molecule has 2 N–H and O–H groups in total. The van der Waals surface area contributed by atoms with Gasteiger partial charge in [-0.2, -0.15) is 10.4 Å². The van der Waals surface area contributed by atoms with Crippen LogP contribution in [0.15, 0.2) is 35.4 Å². The maximum atomic E-state index is 11.9. The summed E-state index contributed by atoms with van der Waals surface area (Å²) >= 11 is 1.61. The zero-order valence-corrected chi connectivity index (χ0v) is 10.4. The number of hydrogen-bond acceptors (Lipinski definition) is 4. The lowest BCUT2D eigenvalue weighted by molar-refractivity contribution is 0.102. The molecular weight excluding hydrogens is 248 g/mol. The monoisotopic (exact) mass is 258 g/mol. The maximum Gasteiger partial charge on any atom is 0.256 e. The predicted molar refractivity (Wildman–Crippen MR) is 69.5 cm³/mol. The number of hydrogen-bond donors (Lipinski definition) is 2. The minimum Gasteiger partial charge on any atom is -0.306 e. The molecule has 0 fully saturated rings. The highest BCUT2D eigenvalue weighted by atomic mass is 32.2. The lowest BCUT2D eigenvalue weighted by Crippen LogP contribution is -2.12. The van der Waals surface area contributed by atoms with Crippen molar-refractivity contribution in [2.75, 3.05) is 11.6 Å². The van der Waals surface area contributed by atoms with Gasteiger partial charge in [-0.15, -0.1) is 11.8 Å². The molecule has 6 heteroatoms. The molecule has 1 amide bonds. The fraction of sp³-hybridized carbons (Fsp3) is 0.0833. The van der Waals surface area contributed by atoms with Crippen LogP contribution in [0.2, 0.25) is 0 Å². The van der Waals surface area contributed by atoms with Gasteiger partial charge in [-0.25, -0.2) is 0 Å². The Labute approximate surface area is 108 Å². The number of nitrogens with zero attached hydrogens (tertiary/aromatic N) is 2. The van der Waals surface area contributed by atoms with Crippen molar-refractivity contribution in [1.82, 2.24) is 10.2 Å². The van der Waals surface area contributed by atoms with E-state index in [1.165, 1.54) is 6.20 Å². The summed E-state index contributed by atoms with van der Waals surface area (Å²) in [5.41, 5.74) is 0.843. The SMILES string of the molecule is CSc1ccc(C(=O)Nc2[nH]ncc2C#N)cc1. The summed E-state index contributed by atoms with van der Waals surface area (Å²) in [6.45, 7) is 0. The second-order valence-electron chi connectivity index (χ2n) is 3.45. The Morgan fingerprint density at radius 3 is 2.78 bits per heavy atom. The number of carbonyl (C=O) groups excluding carboxylic acids is 1. The first-order chi connectivity index (χ1) is 8.74. The average molecular weight is 258 g/mol. The standard InChI is InChI=1S/C12H10N4OS/c1-18-10-4-2-8(3-5-10)12(17)15-11-9(6-13)7-14-16-11/h2-5,7H,1H3,(H2,14,15,16,17). The molecule has 90 valence electrons. The number of amides is 1. The predicted octanol–water partition coefficient (Wildman–Crippen LogP) is 2.26. The highest BCUT2D eigenvalue weighted by molar-refractivity contribution is 7.98. The number of carbonyl (C=O) groups is 1. The van der Waals surface area contributed by atoms with E-state index >= 15 is 0 Å². The van der Waals surface area contributed by atoms with Crippen LogP contribution in [0.1, 0.15) is 15.9 Å².